The first-order valence-corrected chi connectivity index (χ1v) is 10.1. The molecule has 3 fully saturated rings. The molecule has 5 unspecified atom stereocenters. The molecule has 0 aromatic rings. The van der Waals surface area contributed by atoms with Crippen LogP contribution < -0.4 is 0 Å². The van der Waals surface area contributed by atoms with Crippen molar-refractivity contribution in [2.45, 2.75) is 78.1 Å². The van der Waals surface area contributed by atoms with Crippen molar-refractivity contribution in [2.24, 2.45) is 34.5 Å². The van der Waals surface area contributed by atoms with Gasteiger partial charge in [-0.1, -0.05) is 12.5 Å². The monoisotopic (exact) mass is 325 g/mol. The van der Waals surface area contributed by atoms with Crippen molar-refractivity contribution in [2.75, 3.05) is 0 Å². The van der Waals surface area contributed by atoms with Gasteiger partial charge in [-0.15, -0.1) is 0 Å². The van der Waals surface area contributed by atoms with Crippen LogP contribution in [-0.4, -0.2) is 5.78 Å². The Balaban J connectivity index is 1.66. The number of allylic oxidation sites excluding steroid dienone is 2. The number of hydrogen-bond acceptors (Lipinski definition) is 2. The number of rotatable bonds is 0. The van der Waals surface area contributed by atoms with Gasteiger partial charge < -0.3 is 0 Å². The van der Waals surface area contributed by atoms with Crippen LogP contribution in [0.2, 0.25) is 0 Å². The molecule has 4 aliphatic rings. The van der Waals surface area contributed by atoms with E-state index in [1.807, 2.05) is 6.08 Å². The number of carbonyl (C=O) groups excluding carboxylic acids is 1. The third-order valence-corrected chi connectivity index (χ3v) is 8.43. The summed E-state index contributed by atoms with van der Waals surface area (Å²) in [5, 5.41) is 9.64. The Morgan fingerprint density at radius 3 is 2.67 bits per heavy atom. The minimum Gasteiger partial charge on any atom is -0.295 e. The van der Waals surface area contributed by atoms with E-state index in [4.69, 9.17) is 0 Å². The van der Waals surface area contributed by atoms with E-state index in [-0.39, 0.29) is 11.3 Å². The van der Waals surface area contributed by atoms with Crippen molar-refractivity contribution < 1.29 is 4.79 Å². The molecule has 1 spiro atoms. The van der Waals surface area contributed by atoms with Gasteiger partial charge in [-0.05, 0) is 99.4 Å². The van der Waals surface area contributed by atoms with Crippen molar-refractivity contribution in [3.63, 3.8) is 0 Å². The second-order valence-corrected chi connectivity index (χ2v) is 9.50. The van der Waals surface area contributed by atoms with E-state index in [1.165, 1.54) is 50.5 Å². The third-order valence-electron chi connectivity index (χ3n) is 8.43. The zero-order valence-electron chi connectivity index (χ0n) is 15.3. The highest BCUT2D eigenvalue weighted by molar-refractivity contribution is 5.90. The molecule has 0 aromatic heterocycles. The molecule has 5 atom stereocenters. The lowest BCUT2D eigenvalue weighted by atomic mass is 9.55. The largest absolute Gasteiger partial charge is 0.295 e. The Hall–Kier alpha value is -1.10. The highest BCUT2D eigenvalue weighted by atomic mass is 16.1. The Kier molecular flexibility index (Phi) is 3.90. The van der Waals surface area contributed by atoms with E-state index in [0.29, 0.717) is 11.2 Å². The molecule has 0 aliphatic heterocycles. The molecule has 0 radical (unpaired) electrons. The van der Waals surface area contributed by atoms with Crippen LogP contribution in [0, 0.1) is 45.8 Å². The van der Waals surface area contributed by atoms with Gasteiger partial charge in [0.2, 0.25) is 0 Å². The maximum absolute atomic E-state index is 12.2. The minimum atomic E-state index is 0.254. The summed E-state index contributed by atoms with van der Waals surface area (Å²) in [6, 6.07) is 2.64. The fourth-order valence-electron chi connectivity index (χ4n) is 6.61. The van der Waals surface area contributed by atoms with Crippen LogP contribution in [-0.2, 0) is 4.79 Å². The first-order chi connectivity index (χ1) is 11.5. The van der Waals surface area contributed by atoms with Gasteiger partial charge >= 0.3 is 0 Å². The van der Waals surface area contributed by atoms with Crippen LogP contribution in [0.5, 0.6) is 0 Å². The maximum atomic E-state index is 12.2. The molecule has 2 nitrogen and oxygen atoms in total. The average Bonchev–Trinajstić information content (AvgIpc) is 3.25. The number of fused-ring (bicyclic) bond motifs is 3. The van der Waals surface area contributed by atoms with Gasteiger partial charge in [-0.3, -0.25) is 4.79 Å². The van der Waals surface area contributed by atoms with Crippen LogP contribution in [0.1, 0.15) is 78.1 Å². The summed E-state index contributed by atoms with van der Waals surface area (Å²) < 4.78 is 0. The lowest BCUT2D eigenvalue weighted by Gasteiger charge is -2.49. The quantitative estimate of drug-likeness (QED) is 0.595. The summed E-state index contributed by atoms with van der Waals surface area (Å²) in [5.74, 6) is 2.93. The van der Waals surface area contributed by atoms with Crippen molar-refractivity contribution in [1.82, 2.24) is 0 Å². The van der Waals surface area contributed by atoms with Crippen molar-refractivity contribution >= 4 is 5.78 Å². The molecule has 0 saturated heterocycles. The summed E-state index contributed by atoms with van der Waals surface area (Å²) in [5.41, 5.74) is 1.94. The van der Waals surface area contributed by atoms with Gasteiger partial charge in [0.15, 0.2) is 5.78 Å². The molecule has 0 amide bonds. The normalized spacial score (nSPS) is 44.2. The van der Waals surface area contributed by atoms with E-state index < -0.39 is 0 Å². The third kappa shape index (κ3) is 2.47. The SMILES string of the molecule is CC1=CC(=O)CCCC2CCC3(C)C(C#N)CCC3C2CC12CC2. The fourth-order valence-corrected chi connectivity index (χ4v) is 6.61. The molecule has 3 saturated carbocycles. The predicted molar refractivity (Wildman–Crippen MR) is 95.0 cm³/mol. The van der Waals surface area contributed by atoms with Crippen LogP contribution in [0.4, 0.5) is 0 Å². The summed E-state index contributed by atoms with van der Waals surface area (Å²) in [6.45, 7) is 4.62. The van der Waals surface area contributed by atoms with Gasteiger partial charge in [-0.2, -0.15) is 5.26 Å². The van der Waals surface area contributed by atoms with Crippen molar-refractivity contribution in [1.29, 1.82) is 5.26 Å². The van der Waals surface area contributed by atoms with Crippen molar-refractivity contribution in [3.8, 4) is 6.07 Å². The standard InChI is InChI=1S/C22H31NO/c1-15-12-18(24)5-3-4-16-8-9-21(2)17(14-23)6-7-20(21)19(16)13-22(15)10-11-22/h12,16-17,19-20H,3-11,13H2,1-2H3. The summed E-state index contributed by atoms with van der Waals surface area (Å²) >= 11 is 0. The maximum Gasteiger partial charge on any atom is 0.155 e. The first kappa shape index (κ1) is 16.4. The van der Waals surface area contributed by atoms with Gasteiger partial charge in [-0.25, -0.2) is 0 Å². The van der Waals surface area contributed by atoms with Gasteiger partial charge in [0.05, 0.1) is 12.0 Å². The smallest absolute Gasteiger partial charge is 0.155 e. The van der Waals surface area contributed by atoms with Gasteiger partial charge in [0.1, 0.15) is 0 Å². The second-order valence-electron chi connectivity index (χ2n) is 9.50. The molecule has 0 aromatic carbocycles. The number of ketones is 1. The topological polar surface area (TPSA) is 40.9 Å². The molecule has 4 aliphatic carbocycles. The summed E-state index contributed by atoms with van der Waals surface area (Å²) in [6.07, 6.45) is 13.7. The number of hydrogen-bond donors (Lipinski definition) is 0. The Morgan fingerprint density at radius 1 is 1.17 bits per heavy atom. The zero-order valence-corrected chi connectivity index (χ0v) is 15.3. The molecule has 2 heteroatoms. The van der Waals surface area contributed by atoms with Crippen LogP contribution >= 0.6 is 0 Å². The predicted octanol–water partition coefficient (Wildman–Crippen LogP) is 5.44. The fraction of sp³-hybridized carbons (Fsp3) is 0.818. The molecule has 130 valence electrons. The molecule has 0 N–H and O–H groups in total. The average molecular weight is 325 g/mol. The molecule has 4 rings (SSSR count). The summed E-state index contributed by atoms with van der Waals surface area (Å²) in [4.78, 5) is 12.2. The highest BCUT2D eigenvalue weighted by Gasteiger charge is 2.57. The molecule has 0 heterocycles. The highest BCUT2D eigenvalue weighted by Crippen LogP contribution is 2.65. The van der Waals surface area contributed by atoms with Crippen LogP contribution in [0.15, 0.2) is 11.6 Å². The lowest BCUT2D eigenvalue weighted by molar-refractivity contribution is -0.115. The van der Waals surface area contributed by atoms with E-state index in [9.17, 15) is 10.1 Å². The van der Waals surface area contributed by atoms with Crippen molar-refractivity contribution in [3.05, 3.63) is 11.6 Å². The summed E-state index contributed by atoms with van der Waals surface area (Å²) in [7, 11) is 0. The Labute approximate surface area is 146 Å². The van der Waals surface area contributed by atoms with Gasteiger partial charge in [0, 0.05) is 6.42 Å². The number of nitrogens with zero attached hydrogens (tertiary/aromatic N) is 1. The molecular formula is C22H31NO. The van der Waals surface area contributed by atoms with Crippen LogP contribution in [0.25, 0.3) is 0 Å². The lowest BCUT2D eigenvalue weighted by Crippen LogP contribution is -2.42. The van der Waals surface area contributed by atoms with E-state index in [1.54, 1.807) is 0 Å². The minimum absolute atomic E-state index is 0.254. The molecule has 24 heavy (non-hydrogen) atoms. The van der Waals surface area contributed by atoms with E-state index in [2.05, 4.69) is 19.9 Å². The first-order valence-electron chi connectivity index (χ1n) is 10.1. The van der Waals surface area contributed by atoms with Gasteiger partial charge in [0.25, 0.3) is 0 Å². The molecular weight excluding hydrogens is 294 g/mol. The number of nitriles is 1. The number of carbonyl (C=O) groups is 1. The molecule has 0 bridgehead atoms. The zero-order chi connectivity index (χ0) is 16.9. The second kappa shape index (κ2) is 5.72. The van der Waals surface area contributed by atoms with E-state index in [0.717, 1.165) is 37.0 Å². The Bertz CT molecular complexity index is 608. The van der Waals surface area contributed by atoms with Crippen LogP contribution in [0.3, 0.4) is 0 Å². The van der Waals surface area contributed by atoms with E-state index >= 15 is 0 Å². The Morgan fingerprint density at radius 2 is 1.96 bits per heavy atom.